The quantitative estimate of drug-likeness (QED) is 0.777. The largest absolute Gasteiger partial charge is 0.311 e. The van der Waals surface area contributed by atoms with Gasteiger partial charge in [0.2, 0.25) is 0 Å². The lowest BCUT2D eigenvalue weighted by Gasteiger charge is -2.26. The number of thiophene rings is 1. The highest BCUT2D eigenvalue weighted by Crippen LogP contribution is 2.29. The van der Waals surface area contributed by atoms with E-state index in [2.05, 4.69) is 83.8 Å². The molecule has 1 unspecified atom stereocenters. The van der Waals surface area contributed by atoms with Crippen LogP contribution >= 0.6 is 27.3 Å². The Balaban J connectivity index is 2.17. The summed E-state index contributed by atoms with van der Waals surface area (Å²) in [5.74, 6) is 0.489. The first kappa shape index (κ1) is 15.7. The average molecular weight is 352 g/mol. The molecule has 0 aliphatic heterocycles. The van der Waals surface area contributed by atoms with E-state index in [-0.39, 0.29) is 5.54 Å². The van der Waals surface area contributed by atoms with E-state index < -0.39 is 0 Å². The third-order valence-corrected chi connectivity index (χ3v) is 4.87. The Bertz CT molecular complexity index is 528. The van der Waals surface area contributed by atoms with Gasteiger partial charge in [-0.15, -0.1) is 11.3 Å². The van der Waals surface area contributed by atoms with Gasteiger partial charge in [-0.1, -0.05) is 40.2 Å². The van der Waals surface area contributed by atoms with E-state index in [9.17, 15) is 0 Å². The Labute approximate surface area is 134 Å². The van der Waals surface area contributed by atoms with Gasteiger partial charge in [-0.25, -0.2) is 0 Å². The first-order chi connectivity index (χ1) is 9.46. The Morgan fingerprint density at radius 1 is 1.15 bits per heavy atom. The van der Waals surface area contributed by atoms with Gasteiger partial charge in [0, 0.05) is 27.4 Å². The van der Waals surface area contributed by atoms with Crippen LogP contribution in [-0.4, -0.2) is 12.1 Å². The van der Waals surface area contributed by atoms with Crippen LogP contribution in [0.25, 0.3) is 0 Å². The summed E-state index contributed by atoms with van der Waals surface area (Å²) in [5.41, 5.74) is 1.53. The van der Waals surface area contributed by atoms with Gasteiger partial charge in [0.15, 0.2) is 0 Å². The fraction of sp³-hybridized carbons (Fsp3) is 0.412. The van der Waals surface area contributed by atoms with Crippen LogP contribution in [0.4, 0.5) is 0 Å². The second-order valence-corrected chi connectivity index (χ2v) is 8.02. The molecular formula is C17H22BrNS. The van der Waals surface area contributed by atoms with Crippen molar-refractivity contribution in [1.82, 2.24) is 5.32 Å². The number of benzene rings is 1. The van der Waals surface area contributed by atoms with Gasteiger partial charge in [0.1, 0.15) is 0 Å². The van der Waals surface area contributed by atoms with Crippen LogP contribution in [-0.2, 0) is 6.42 Å². The van der Waals surface area contributed by atoms with E-state index in [1.165, 1.54) is 14.9 Å². The highest BCUT2D eigenvalue weighted by atomic mass is 79.9. The van der Waals surface area contributed by atoms with Crippen LogP contribution < -0.4 is 5.32 Å². The molecule has 0 saturated carbocycles. The minimum absolute atomic E-state index is 0.148. The SMILES string of the molecule is CC(C)(C)NCC(Cc1cccs1)c1ccccc1Br. The predicted octanol–water partition coefficient (Wildman–Crippen LogP) is 5.23. The van der Waals surface area contributed by atoms with Crippen molar-refractivity contribution in [2.45, 2.75) is 38.6 Å². The molecule has 1 aromatic carbocycles. The first-order valence-corrected chi connectivity index (χ1v) is 8.65. The number of nitrogens with one attached hydrogen (secondary N) is 1. The lowest BCUT2D eigenvalue weighted by Crippen LogP contribution is -2.39. The van der Waals surface area contributed by atoms with E-state index in [0.29, 0.717) is 5.92 Å². The van der Waals surface area contributed by atoms with Crippen molar-refractivity contribution < 1.29 is 0 Å². The zero-order valence-electron chi connectivity index (χ0n) is 12.3. The summed E-state index contributed by atoms with van der Waals surface area (Å²) >= 11 is 5.54. The summed E-state index contributed by atoms with van der Waals surface area (Å²) in [7, 11) is 0. The highest BCUT2D eigenvalue weighted by molar-refractivity contribution is 9.10. The van der Waals surface area contributed by atoms with Crippen LogP contribution in [0, 0.1) is 0 Å². The number of halogens is 1. The summed E-state index contributed by atoms with van der Waals surface area (Å²) in [4.78, 5) is 1.45. The highest BCUT2D eigenvalue weighted by Gasteiger charge is 2.18. The smallest absolute Gasteiger partial charge is 0.0210 e. The molecular weight excluding hydrogens is 330 g/mol. The lowest BCUT2D eigenvalue weighted by atomic mass is 9.94. The molecule has 1 atom stereocenters. The molecule has 0 fully saturated rings. The molecule has 0 aliphatic rings. The van der Waals surface area contributed by atoms with E-state index >= 15 is 0 Å². The molecule has 1 N–H and O–H groups in total. The second kappa shape index (κ2) is 6.88. The van der Waals surface area contributed by atoms with Gasteiger partial charge in [0.05, 0.1) is 0 Å². The second-order valence-electron chi connectivity index (χ2n) is 6.13. The zero-order chi connectivity index (χ0) is 14.6. The number of hydrogen-bond donors (Lipinski definition) is 1. The van der Waals surface area contributed by atoms with Crippen molar-refractivity contribution in [2.75, 3.05) is 6.54 Å². The molecule has 0 saturated heterocycles. The maximum absolute atomic E-state index is 3.70. The molecule has 2 aromatic rings. The minimum atomic E-state index is 0.148. The molecule has 0 spiro atoms. The normalized spacial score (nSPS) is 13.4. The summed E-state index contributed by atoms with van der Waals surface area (Å²) in [6.07, 6.45) is 1.09. The number of hydrogen-bond acceptors (Lipinski definition) is 2. The van der Waals surface area contributed by atoms with Crippen molar-refractivity contribution in [3.05, 3.63) is 56.7 Å². The predicted molar refractivity (Wildman–Crippen MR) is 92.7 cm³/mol. The van der Waals surface area contributed by atoms with Crippen molar-refractivity contribution in [3.8, 4) is 0 Å². The molecule has 0 amide bonds. The van der Waals surface area contributed by atoms with Gasteiger partial charge in [-0.3, -0.25) is 0 Å². The fourth-order valence-corrected chi connectivity index (χ4v) is 3.59. The molecule has 1 heterocycles. The monoisotopic (exact) mass is 351 g/mol. The Kier molecular flexibility index (Phi) is 5.42. The van der Waals surface area contributed by atoms with Gasteiger partial charge in [0.25, 0.3) is 0 Å². The Hall–Kier alpha value is -0.640. The lowest BCUT2D eigenvalue weighted by molar-refractivity contribution is 0.405. The Morgan fingerprint density at radius 3 is 2.50 bits per heavy atom. The van der Waals surface area contributed by atoms with Crippen molar-refractivity contribution in [2.24, 2.45) is 0 Å². The maximum atomic E-state index is 3.70. The molecule has 3 heteroatoms. The van der Waals surface area contributed by atoms with Gasteiger partial charge in [-0.2, -0.15) is 0 Å². The van der Waals surface area contributed by atoms with Crippen LogP contribution in [0.2, 0.25) is 0 Å². The number of rotatable bonds is 5. The molecule has 1 aromatic heterocycles. The van der Waals surface area contributed by atoms with Crippen LogP contribution in [0.5, 0.6) is 0 Å². The van der Waals surface area contributed by atoms with Crippen LogP contribution in [0.1, 0.15) is 37.1 Å². The average Bonchev–Trinajstić information content (AvgIpc) is 2.87. The molecule has 0 aliphatic carbocycles. The third-order valence-electron chi connectivity index (χ3n) is 3.25. The van der Waals surface area contributed by atoms with Crippen molar-refractivity contribution >= 4 is 27.3 Å². The van der Waals surface area contributed by atoms with Gasteiger partial charge < -0.3 is 5.32 Å². The maximum Gasteiger partial charge on any atom is 0.0210 e. The molecule has 0 bridgehead atoms. The molecule has 1 nitrogen and oxygen atoms in total. The topological polar surface area (TPSA) is 12.0 Å². The van der Waals surface area contributed by atoms with Gasteiger partial charge >= 0.3 is 0 Å². The van der Waals surface area contributed by atoms with E-state index in [1.54, 1.807) is 0 Å². The Morgan fingerprint density at radius 2 is 1.90 bits per heavy atom. The van der Waals surface area contributed by atoms with Crippen LogP contribution in [0.15, 0.2) is 46.3 Å². The summed E-state index contributed by atoms with van der Waals surface area (Å²) < 4.78 is 1.21. The minimum Gasteiger partial charge on any atom is -0.311 e. The summed E-state index contributed by atoms with van der Waals surface area (Å²) in [5, 5.41) is 5.80. The fourth-order valence-electron chi connectivity index (χ4n) is 2.20. The van der Waals surface area contributed by atoms with E-state index in [0.717, 1.165) is 13.0 Å². The molecule has 108 valence electrons. The molecule has 0 radical (unpaired) electrons. The van der Waals surface area contributed by atoms with E-state index in [4.69, 9.17) is 0 Å². The first-order valence-electron chi connectivity index (χ1n) is 6.97. The zero-order valence-corrected chi connectivity index (χ0v) is 14.7. The van der Waals surface area contributed by atoms with Crippen molar-refractivity contribution in [3.63, 3.8) is 0 Å². The standard InChI is InChI=1S/C17H22BrNS/c1-17(2,3)19-12-13(11-14-7-6-10-20-14)15-8-4-5-9-16(15)18/h4-10,13,19H,11-12H2,1-3H3. The third kappa shape index (κ3) is 4.72. The van der Waals surface area contributed by atoms with E-state index in [1.807, 2.05) is 11.3 Å². The molecule has 20 heavy (non-hydrogen) atoms. The van der Waals surface area contributed by atoms with Crippen molar-refractivity contribution in [1.29, 1.82) is 0 Å². The molecule has 2 rings (SSSR count). The van der Waals surface area contributed by atoms with Crippen LogP contribution in [0.3, 0.4) is 0 Å². The summed E-state index contributed by atoms with van der Waals surface area (Å²) in [6.45, 7) is 7.64. The van der Waals surface area contributed by atoms with Gasteiger partial charge in [-0.05, 0) is 50.3 Å². The summed E-state index contributed by atoms with van der Waals surface area (Å²) in [6, 6.07) is 12.9.